The van der Waals surface area contributed by atoms with Gasteiger partial charge in [0.05, 0.1) is 39.9 Å². The van der Waals surface area contributed by atoms with Gasteiger partial charge < -0.3 is 18.9 Å². The Kier molecular flexibility index (Phi) is 8.53. The molecule has 0 heterocycles. The second kappa shape index (κ2) is 10.9. The largest absolute Gasteiger partial charge is 0.493 e. The fourth-order valence-corrected chi connectivity index (χ4v) is 4.23. The van der Waals surface area contributed by atoms with Crippen molar-refractivity contribution in [1.29, 1.82) is 0 Å². The number of Topliss-reactive ketones (excluding diaryl/α,β-unsaturated/α-hetero) is 2. The van der Waals surface area contributed by atoms with Crippen LogP contribution in [0, 0.1) is 0 Å². The zero-order valence-corrected chi connectivity index (χ0v) is 17.8. The van der Waals surface area contributed by atoms with E-state index in [0.29, 0.717) is 34.1 Å². The smallest absolute Gasteiger partial charge is 0.173 e. The van der Waals surface area contributed by atoms with Crippen molar-refractivity contribution in [3.8, 4) is 23.0 Å². The number of ether oxygens (including phenoxy) is 4. The highest BCUT2D eigenvalue weighted by Gasteiger charge is 2.13. The molecule has 8 heteroatoms. The topological polar surface area (TPSA) is 71.1 Å². The molecule has 0 N–H and O–H groups in total. The van der Waals surface area contributed by atoms with Crippen molar-refractivity contribution >= 4 is 33.2 Å². The molecule has 0 unspecified atom stereocenters. The van der Waals surface area contributed by atoms with Crippen LogP contribution in [-0.2, 0) is 0 Å². The molecule has 0 fully saturated rings. The second-order valence-corrected chi connectivity index (χ2v) is 7.97. The van der Waals surface area contributed by atoms with Crippen molar-refractivity contribution in [3.05, 3.63) is 47.5 Å². The van der Waals surface area contributed by atoms with Crippen LogP contribution in [0.3, 0.4) is 0 Å². The zero-order valence-electron chi connectivity index (χ0n) is 16.1. The quantitative estimate of drug-likeness (QED) is 0.304. The molecule has 0 aromatic heterocycles. The van der Waals surface area contributed by atoms with E-state index < -0.39 is 0 Å². The zero-order chi connectivity index (χ0) is 20.5. The van der Waals surface area contributed by atoms with E-state index >= 15 is 0 Å². The lowest BCUT2D eigenvalue weighted by Gasteiger charge is -2.09. The number of rotatable bonds is 11. The van der Waals surface area contributed by atoms with E-state index in [9.17, 15) is 9.59 Å². The van der Waals surface area contributed by atoms with Gasteiger partial charge in [0.2, 0.25) is 0 Å². The standard InChI is InChI=1S/C20H22O6S2/c1-23-17-7-5-13(9-19(17)25-3)15(21)11-27-28-12-16(22)14-6-8-18(24-2)20(10-14)26-4/h5-10H,11-12H2,1-4H3. The molecular weight excluding hydrogens is 400 g/mol. The fourth-order valence-electron chi connectivity index (χ4n) is 2.38. The van der Waals surface area contributed by atoms with Crippen LogP contribution in [-0.4, -0.2) is 51.5 Å². The van der Waals surface area contributed by atoms with Gasteiger partial charge >= 0.3 is 0 Å². The Labute approximate surface area is 172 Å². The summed E-state index contributed by atoms with van der Waals surface area (Å²) in [5.74, 6) is 2.57. The molecule has 0 saturated carbocycles. The number of hydrogen-bond donors (Lipinski definition) is 0. The van der Waals surface area contributed by atoms with Crippen LogP contribution in [0.1, 0.15) is 20.7 Å². The van der Waals surface area contributed by atoms with Crippen molar-refractivity contribution in [2.75, 3.05) is 39.9 Å². The molecule has 0 spiro atoms. The highest BCUT2D eigenvalue weighted by Crippen LogP contribution is 2.31. The van der Waals surface area contributed by atoms with Gasteiger partial charge in [0.15, 0.2) is 34.6 Å². The summed E-state index contributed by atoms with van der Waals surface area (Å²) in [7, 11) is 8.81. The molecule has 0 aliphatic heterocycles. The van der Waals surface area contributed by atoms with E-state index in [0.717, 1.165) is 0 Å². The molecule has 0 saturated heterocycles. The monoisotopic (exact) mass is 422 g/mol. The average molecular weight is 423 g/mol. The number of ketones is 2. The highest BCUT2D eigenvalue weighted by atomic mass is 33.1. The molecule has 0 amide bonds. The number of methoxy groups -OCH3 is 4. The molecule has 0 atom stereocenters. The van der Waals surface area contributed by atoms with Gasteiger partial charge in [-0.2, -0.15) is 0 Å². The SMILES string of the molecule is COc1ccc(C(=O)CSSCC(=O)c2ccc(OC)c(OC)c2)cc1OC. The summed E-state index contributed by atoms with van der Waals surface area (Å²) < 4.78 is 20.8. The molecule has 0 aliphatic rings. The third-order valence-electron chi connectivity index (χ3n) is 3.87. The first-order valence-electron chi connectivity index (χ1n) is 8.28. The maximum atomic E-state index is 12.3. The first kappa shape index (κ1) is 22.0. The van der Waals surface area contributed by atoms with Crippen LogP contribution in [0.5, 0.6) is 23.0 Å². The van der Waals surface area contributed by atoms with E-state index in [-0.39, 0.29) is 23.1 Å². The summed E-state index contributed by atoms with van der Waals surface area (Å²) in [6.45, 7) is 0. The fraction of sp³-hybridized carbons (Fsp3) is 0.300. The maximum absolute atomic E-state index is 12.3. The minimum absolute atomic E-state index is 0.0444. The Bertz CT molecular complexity index is 768. The summed E-state index contributed by atoms with van der Waals surface area (Å²) in [6, 6.07) is 10.1. The normalized spacial score (nSPS) is 10.3. The van der Waals surface area contributed by atoms with Crippen LogP contribution in [0.25, 0.3) is 0 Å². The van der Waals surface area contributed by atoms with Gasteiger partial charge in [-0.15, -0.1) is 0 Å². The highest BCUT2D eigenvalue weighted by molar-refractivity contribution is 8.77. The van der Waals surface area contributed by atoms with E-state index in [1.165, 1.54) is 35.8 Å². The third-order valence-corrected chi connectivity index (χ3v) is 6.01. The van der Waals surface area contributed by atoms with Crippen LogP contribution < -0.4 is 18.9 Å². The van der Waals surface area contributed by atoms with Crippen molar-refractivity contribution in [1.82, 2.24) is 0 Å². The number of hydrogen-bond acceptors (Lipinski definition) is 8. The lowest BCUT2D eigenvalue weighted by molar-refractivity contribution is 0.101. The van der Waals surface area contributed by atoms with Crippen LogP contribution >= 0.6 is 21.6 Å². The number of benzene rings is 2. The summed E-state index contributed by atoms with van der Waals surface area (Å²) in [5, 5.41) is 0. The Balaban J connectivity index is 1.87. The van der Waals surface area contributed by atoms with Gasteiger partial charge in [-0.3, -0.25) is 9.59 Å². The summed E-state index contributed by atoms with van der Waals surface area (Å²) >= 11 is 0. The van der Waals surface area contributed by atoms with E-state index in [1.54, 1.807) is 50.6 Å². The van der Waals surface area contributed by atoms with Crippen LogP contribution in [0.4, 0.5) is 0 Å². The van der Waals surface area contributed by atoms with Gasteiger partial charge in [0, 0.05) is 11.1 Å². The van der Waals surface area contributed by atoms with Gasteiger partial charge in [0.1, 0.15) is 0 Å². The molecule has 6 nitrogen and oxygen atoms in total. The second-order valence-electron chi connectivity index (χ2n) is 5.51. The summed E-state index contributed by atoms with van der Waals surface area (Å²) in [4.78, 5) is 24.7. The average Bonchev–Trinajstić information content (AvgIpc) is 2.75. The summed E-state index contributed by atoms with van der Waals surface area (Å²) in [6.07, 6.45) is 0. The molecule has 0 bridgehead atoms. The molecule has 2 aromatic rings. The number of carbonyl (C=O) groups is 2. The molecular formula is C20H22O6S2. The summed E-state index contributed by atoms with van der Waals surface area (Å²) in [5.41, 5.74) is 1.08. The van der Waals surface area contributed by atoms with Crippen molar-refractivity contribution in [2.24, 2.45) is 0 Å². The molecule has 2 aromatic carbocycles. The molecule has 28 heavy (non-hydrogen) atoms. The van der Waals surface area contributed by atoms with Crippen LogP contribution in [0.15, 0.2) is 36.4 Å². The molecule has 0 aliphatic carbocycles. The Morgan fingerprint density at radius 1 is 0.643 bits per heavy atom. The van der Waals surface area contributed by atoms with Gasteiger partial charge in [-0.05, 0) is 36.4 Å². The third kappa shape index (κ3) is 5.59. The molecule has 2 rings (SSSR count). The molecule has 150 valence electrons. The Morgan fingerprint density at radius 3 is 1.32 bits per heavy atom. The minimum atomic E-state index is -0.0444. The lowest BCUT2D eigenvalue weighted by Crippen LogP contribution is -2.05. The minimum Gasteiger partial charge on any atom is -0.493 e. The Morgan fingerprint density at radius 2 is 1.00 bits per heavy atom. The maximum Gasteiger partial charge on any atom is 0.173 e. The first-order chi connectivity index (χ1) is 13.5. The molecule has 0 radical (unpaired) electrons. The first-order valence-corrected chi connectivity index (χ1v) is 10.8. The van der Waals surface area contributed by atoms with Gasteiger partial charge in [-0.1, -0.05) is 21.6 Å². The number of carbonyl (C=O) groups excluding carboxylic acids is 2. The predicted molar refractivity (Wildman–Crippen MR) is 113 cm³/mol. The van der Waals surface area contributed by atoms with Crippen molar-refractivity contribution in [3.63, 3.8) is 0 Å². The lowest BCUT2D eigenvalue weighted by atomic mass is 10.1. The van der Waals surface area contributed by atoms with Crippen molar-refractivity contribution < 1.29 is 28.5 Å². The van der Waals surface area contributed by atoms with E-state index in [2.05, 4.69) is 0 Å². The van der Waals surface area contributed by atoms with Crippen LogP contribution in [0.2, 0.25) is 0 Å². The predicted octanol–water partition coefficient (Wildman–Crippen LogP) is 4.17. The Hall–Kier alpha value is -2.32. The van der Waals surface area contributed by atoms with Gasteiger partial charge in [-0.25, -0.2) is 0 Å². The van der Waals surface area contributed by atoms with Crippen molar-refractivity contribution in [2.45, 2.75) is 0 Å². The van der Waals surface area contributed by atoms with E-state index in [1.807, 2.05) is 0 Å². The van der Waals surface area contributed by atoms with E-state index in [4.69, 9.17) is 18.9 Å². The van der Waals surface area contributed by atoms with Gasteiger partial charge in [0.25, 0.3) is 0 Å².